The summed E-state index contributed by atoms with van der Waals surface area (Å²) in [6, 6.07) is 18.7. The van der Waals surface area contributed by atoms with Gasteiger partial charge in [-0.2, -0.15) is 0 Å². The molecule has 0 radical (unpaired) electrons. The molecule has 0 aromatic heterocycles. The number of hydrogen-bond donors (Lipinski definition) is 1. The molecule has 2 saturated heterocycles. The summed E-state index contributed by atoms with van der Waals surface area (Å²) in [5.74, 6) is 1.02. The van der Waals surface area contributed by atoms with E-state index in [9.17, 15) is 5.11 Å². The zero-order valence-corrected chi connectivity index (χ0v) is 18.3. The fraction of sp³-hybridized carbons (Fsp3) is 0.538. The SMILES string of the molecule is OC1CN(Cc2ccccc2)CCC1c1cccc(OCCCOC2CCCCO2)c1. The monoisotopic (exact) mass is 425 g/mol. The van der Waals surface area contributed by atoms with Gasteiger partial charge >= 0.3 is 0 Å². The van der Waals surface area contributed by atoms with Crippen molar-refractivity contribution in [3.05, 3.63) is 65.7 Å². The minimum Gasteiger partial charge on any atom is -0.493 e. The van der Waals surface area contributed by atoms with Crippen molar-refractivity contribution in [1.29, 1.82) is 0 Å². The van der Waals surface area contributed by atoms with Crippen LogP contribution in [0, 0.1) is 0 Å². The zero-order valence-electron chi connectivity index (χ0n) is 18.3. The summed E-state index contributed by atoms with van der Waals surface area (Å²) in [5, 5.41) is 10.8. The summed E-state index contributed by atoms with van der Waals surface area (Å²) in [5.41, 5.74) is 2.46. The molecule has 4 rings (SSSR count). The molecule has 1 N–H and O–H groups in total. The molecule has 2 heterocycles. The Hall–Kier alpha value is -1.92. The highest BCUT2D eigenvalue weighted by Crippen LogP contribution is 2.31. The highest BCUT2D eigenvalue weighted by molar-refractivity contribution is 5.32. The van der Waals surface area contributed by atoms with Gasteiger partial charge in [-0.3, -0.25) is 4.90 Å². The molecule has 168 valence electrons. The van der Waals surface area contributed by atoms with Crippen LogP contribution in [-0.2, 0) is 16.0 Å². The van der Waals surface area contributed by atoms with E-state index in [0.717, 1.165) is 56.7 Å². The van der Waals surface area contributed by atoms with Crippen LogP contribution in [0.1, 0.15) is 49.1 Å². The molecule has 31 heavy (non-hydrogen) atoms. The molecule has 0 amide bonds. The van der Waals surface area contributed by atoms with Crippen LogP contribution in [0.15, 0.2) is 54.6 Å². The van der Waals surface area contributed by atoms with Gasteiger partial charge in [0.05, 0.1) is 19.3 Å². The summed E-state index contributed by atoms with van der Waals surface area (Å²) < 4.78 is 17.3. The molecule has 0 spiro atoms. The minimum absolute atomic E-state index is 0.0358. The summed E-state index contributed by atoms with van der Waals surface area (Å²) in [6.45, 7) is 4.66. The Kier molecular flexibility index (Phi) is 8.36. The lowest BCUT2D eigenvalue weighted by molar-refractivity contribution is -0.163. The Bertz CT molecular complexity index is 778. The van der Waals surface area contributed by atoms with Crippen LogP contribution in [-0.4, -0.2) is 55.3 Å². The Morgan fingerprint density at radius 2 is 1.90 bits per heavy atom. The predicted octanol–water partition coefficient (Wildman–Crippen LogP) is 4.35. The molecular formula is C26H35NO4. The number of piperidine rings is 1. The Labute approximate surface area is 185 Å². The van der Waals surface area contributed by atoms with Crippen LogP contribution in [0.3, 0.4) is 0 Å². The topological polar surface area (TPSA) is 51.2 Å². The number of aliphatic hydroxyl groups is 1. The summed E-state index contributed by atoms with van der Waals surface area (Å²) in [7, 11) is 0. The molecule has 0 bridgehead atoms. The van der Waals surface area contributed by atoms with Gasteiger partial charge in [0, 0.05) is 32.0 Å². The lowest BCUT2D eigenvalue weighted by atomic mass is 9.87. The number of benzene rings is 2. The molecule has 5 nitrogen and oxygen atoms in total. The fourth-order valence-corrected chi connectivity index (χ4v) is 4.51. The maximum atomic E-state index is 10.8. The Balaban J connectivity index is 1.21. The lowest BCUT2D eigenvalue weighted by Gasteiger charge is -2.36. The van der Waals surface area contributed by atoms with Crippen molar-refractivity contribution >= 4 is 0 Å². The number of aliphatic hydroxyl groups excluding tert-OH is 1. The summed E-state index contributed by atoms with van der Waals surface area (Å²) in [4.78, 5) is 2.34. The smallest absolute Gasteiger partial charge is 0.157 e. The second kappa shape index (κ2) is 11.6. The molecule has 2 fully saturated rings. The van der Waals surface area contributed by atoms with Crippen molar-refractivity contribution in [1.82, 2.24) is 4.90 Å². The number of likely N-dealkylation sites (tertiary alicyclic amines) is 1. The Morgan fingerprint density at radius 3 is 2.71 bits per heavy atom. The molecule has 3 atom stereocenters. The molecule has 0 saturated carbocycles. The number of hydrogen-bond acceptors (Lipinski definition) is 5. The molecule has 2 aliphatic heterocycles. The average Bonchev–Trinajstić information content (AvgIpc) is 2.80. The van der Waals surface area contributed by atoms with Crippen molar-refractivity contribution in [2.75, 3.05) is 32.9 Å². The quantitative estimate of drug-likeness (QED) is 0.606. The average molecular weight is 426 g/mol. The van der Waals surface area contributed by atoms with Crippen LogP contribution in [0.5, 0.6) is 5.75 Å². The van der Waals surface area contributed by atoms with E-state index in [4.69, 9.17) is 14.2 Å². The maximum absolute atomic E-state index is 10.8. The van der Waals surface area contributed by atoms with E-state index in [1.165, 1.54) is 12.0 Å². The van der Waals surface area contributed by atoms with E-state index in [0.29, 0.717) is 19.8 Å². The lowest BCUT2D eigenvalue weighted by Crippen LogP contribution is -2.42. The molecule has 3 unspecified atom stereocenters. The van der Waals surface area contributed by atoms with Crippen LogP contribution in [0.4, 0.5) is 0 Å². The zero-order chi connectivity index (χ0) is 21.3. The van der Waals surface area contributed by atoms with Gasteiger partial charge in [0.25, 0.3) is 0 Å². The highest BCUT2D eigenvalue weighted by Gasteiger charge is 2.29. The third-order valence-electron chi connectivity index (χ3n) is 6.20. The number of rotatable bonds is 9. The molecule has 2 aromatic rings. The van der Waals surface area contributed by atoms with Crippen molar-refractivity contribution in [2.24, 2.45) is 0 Å². The van der Waals surface area contributed by atoms with E-state index in [1.54, 1.807) is 0 Å². The predicted molar refractivity (Wildman–Crippen MR) is 121 cm³/mol. The van der Waals surface area contributed by atoms with Crippen LogP contribution < -0.4 is 4.74 Å². The molecule has 5 heteroatoms. The number of β-amino-alcohol motifs (C(OH)–C–C–N with tert-alkyl or cyclic N) is 1. The van der Waals surface area contributed by atoms with Crippen LogP contribution in [0.2, 0.25) is 0 Å². The third-order valence-corrected chi connectivity index (χ3v) is 6.20. The second-order valence-corrected chi connectivity index (χ2v) is 8.62. The number of ether oxygens (including phenoxy) is 3. The van der Waals surface area contributed by atoms with Crippen molar-refractivity contribution in [3.63, 3.8) is 0 Å². The second-order valence-electron chi connectivity index (χ2n) is 8.62. The first-order chi connectivity index (χ1) is 15.3. The van der Waals surface area contributed by atoms with E-state index < -0.39 is 0 Å². The van der Waals surface area contributed by atoms with Gasteiger partial charge in [-0.15, -0.1) is 0 Å². The van der Waals surface area contributed by atoms with Crippen molar-refractivity contribution in [2.45, 2.75) is 57.0 Å². The first kappa shape index (κ1) is 22.3. The summed E-state index contributed by atoms with van der Waals surface area (Å²) in [6.07, 6.45) is 4.71. The van der Waals surface area contributed by atoms with Crippen molar-refractivity contribution in [3.8, 4) is 5.75 Å². The normalized spacial score (nSPS) is 24.7. The third kappa shape index (κ3) is 6.78. The minimum atomic E-state index is -0.364. The van der Waals surface area contributed by atoms with Crippen LogP contribution >= 0.6 is 0 Å². The summed E-state index contributed by atoms with van der Waals surface area (Å²) >= 11 is 0. The number of nitrogens with zero attached hydrogens (tertiary/aromatic N) is 1. The van der Waals surface area contributed by atoms with Gasteiger partial charge in [0.2, 0.25) is 0 Å². The first-order valence-corrected chi connectivity index (χ1v) is 11.7. The van der Waals surface area contributed by atoms with E-state index in [2.05, 4.69) is 41.3 Å². The van der Waals surface area contributed by atoms with Gasteiger partial charge in [-0.1, -0.05) is 42.5 Å². The fourth-order valence-electron chi connectivity index (χ4n) is 4.51. The Morgan fingerprint density at radius 1 is 1.00 bits per heavy atom. The standard InChI is InChI=1S/C26H35NO4/c28-25-20-27(19-21-8-2-1-3-9-21)14-13-24(25)22-10-6-11-23(18-22)29-16-7-17-31-26-12-4-5-15-30-26/h1-3,6,8-11,18,24-26,28H,4-5,7,12-17,19-20H2. The first-order valence-electron chi connectivity index (χ1n) is 11.7. The molecule has 2 aromatic carbocycles. The maximum Gasteiger partial charge on any atom is 0.157 e. The van der Waals surface area contributed by atoms with Crippen molar-refractivity contribution < 1.29 is 19.3 Å². The van der Waals surface area contributed by atoms with Gasteiger partial charge in [0.1, 0.15) is 5.75 Å². The molecular weight excluding hydrogens is 390 g/mol. The van der Waals surface area contributed by atoms with E-state index >= 15 is 0 Å². The van der Waals surface area contributed by atoms with Gasteiger partial charge in [-0.25, -0.2) is 0 Å². The highest BCUT2D eigenvalue weighted by atomic mass is 16.7. The largest absolute Gasteiger partial charge is 0.493 e. The van der Waals surface area contributed by atoms with Gasteiger partial charge in [-0.05, 0) is 55.5 Å². The van der Waals surface area contributed by atoms with Crippen LogP contribution in [0.25, 0.3) is 0 Å². The van der Waals surface area contributed by atoms with Gasteiger partial charge in [0.15, 0.2) is 6.29 Å². The van der Waals surface area contributed by atoms with Gasteiger partial charge < -0.3 is 19.3 Å². The molecule has 2 aliphatic rings. The van der Waals surface area contributed by atoms with E-state index in [1.807, 2.05) is 18.2 Å². The molecule has 0 aliphatic carbocycles. The van der Waals surface area contributed by atoms with E-state index in [-0.39, 0.29) is 18.3 Å².